The van der Waals surface area contributed by atoms with Crippen molar-refractivity contribution in [2.24, 2.45) is 0 Å². The maximum Gasteiger partial charge on any atom is 0.147 e. The normalized spacial score (nSPS) is 22.5. The van der Waals surface area contributed by atoms with Crippen LogP contribution in [0.3, 0.4) is 0 Å². The molecule has 9 heteroatoms. The van der Waals surface area contributed by atoms with Gasteiger partial charge in [-0.3, -0.25) is 15.0 Å². The number of hydrogen-bond acceptors (Lipinski definition) is 8. The fraction of sp³-hybridized carbons (Fsp3) is 0.414. The molecule has 198 valence electrons. The van der Waals surface area contributed by atoms with Crippen molar-refractivity contribution in [3.05, 3.63) is 78.8 Å². The summed E-state index contributed by atoms with van der Waals surface area (Å²) in [4.78, 5) is 20.7. The highest BCUT2D eigenvalue weighted by Gasteiger charge is 2.55. The van der Waals surface area contributed by atoms with E-state index in [0.717, 1.165) is 47.2 Å². The van der Waals surface area contributed by atoms with Crippen molar-refractivity contribution in [3.63, 3.8) is 0 Å². The van der Waals surface area contributed by atoms with Crippen LogP contribution < -0.4 is 4.90 Å². The first-order chi connectivity index (χ1) is 18.8. The van der Waals surface area contributed by atoms with Crippen molar-refractivity contribution in [1.29, 1.82) is 0 Å². The average molecular weight is 514 g/mol. The molecule has 2 fully saturated rings. The minimum Gasteiger partial charge on any atom is -0.380 e. The molecular weight excluding hydrogens is 478 g/mol. The van der Waals surface area contributed by atoms with Crippen LogP contribution in [0.2, 0.25) is 0 Å². The lowest BCUT2D eigenvalue weighted by molar-refractivity contribution is -0.116. The van der Waals surface area contributed by atoms with E-state index in [1.807, 2.05) is 67.5 Å². The van der Waals surface area contributed by atoms with Crippen LogP contribution in [-0.4, -0.2) is 69.2 Å². The number of aromatic nitrogens is 6. The molecule has 4 aromatic heterocycles. The fourth-order valence-corrected chi connectivity index (χ4v) is 5.52. The lowest BCUT2D eigenvalue weighted by atomic mass is 9.64. The van der Waals surface area contributed by atoms with E-state index >= 15 is 0 Å². The maximum absolute atomic E-state index is 6.06. The minimum absolute atomic E-state index is 0.0385. The SMILES string of the molecule is CC.COC1C(c2cnc(N3CCCC3)cn2)C(OC)C1c1cn(-c2cccnc2)nc1-c1ccccn1. The van der Waals surface area contributed by atoms with E-state index in [4.69, 9.17) is 24.5 Å². The Hall–Kier alpha value is -3.69. The van der Waals surface area contributed by atoms with Crippen LogP contribution in [0.4, 0.5) is 5.82 Å². The molecule has 0 radical (unpaired) electrons. The molecule has 5 heterocycles. The Bertz CT molecular complexity index is 1280. The van der Waals surface area contributed by atoms with Gasteiger partial charge < -0.3 is 14.4 Å². The molecule has 38 heavy (non-hydrogen) atoms. The first kappa shape index (κ1) is 25.9. The summed E-state index contributed by atoms with van der Waals surface area (Å²) in [5, 5.41) is 4.91. The van der Waals surface area contributed by atoms with Crippen molar-refractivity contribution in [2.75, 3.05) is 32.2 Å². The van der Waals surface area contributed by atoms with Gasteiger partial charge in [-0.25, -0.2) is 9.67 Å². The lowest BCUT2D eigenvalue weighted by Gasteiger charge is -2.49. The van der Waals surface area contributed by atoms with E-state index < -0.39 is 0 Å². The summed E-state index contributed by atoms with van der Waals surface area (Å²) in [6.45, 7) is 6.08. The highest BCUT2D eigenvalue weighted by Crippen LogP contribution is 2.52. The Morgan fingerprint density at radius 3 is 2.21 bits per heavy atom. The summed E-state index contributed by atoms with van der Waals surface area (Å²) in [6.07, 6.45) is 13.3. The zero-order valence-electron chi connectivity index (χ0n) is 22.4. The molecule has 0 N–H and O–H groups in total. The highest BCUT2D eigenvalue weighted by atomic mass is 16.5. The van der Waals surface area contributed by atoms with E-state index in [1.165, 1.54) is 12.8 Å². The van der Waals surface area contributed by atoms with Gasteiger partial charge in [-0.2, -0.15) is 5.10 Å². The third-order valence-electron chi connectivity index (χ3n) is 7.31. The smallest absolute Gasteiger partial charge is 0.147 e. The van der Waals surface area contributed by atoms with Crippen molar-refractivity contribution in [1.82, 2.24) is 29.7 Å². The minimum atomic E-state index is -0.143. The van der Waals surface area contributed by atoms with Gasteiger partial charge in [-0.1, -0.05) is 19.9 Å². The van der Waals surface area contributed by atoms with Gasteiger partial charge in [0, 0.05) is 57.4 Å². The molecule has 1 aliphatic heterocycles. The number of hydrogen-bond donors (Lipinski definition) is 0. The molecule has 0 spiro atoms. The maximum atomic E-state index is 6.06. The third-order valence-corrected chi connectivity index (χ3v) is 7.31. The number of anilines is 1. The highest BCUT2D eigenvalue weighted by molar-refractivity contribution is 5.61. The third kappa shape index (κ3) is 4.79. The van der Waals surface area contributed by atoms with Crippen LogP contribution in [0.5, 0.6) is 0 Å². The van der Waals surface area contributed by atoms with Crippen LogP contribution in [0, 0.1) is 0 Å². The van der Waals surface area contributed by atoms with Gasteiger partial charge >= 0.3 is 0 Å². The van der Waals surface area contributed by atoms with Crippen LogP contribution in [0.25, 0.3) is 17.1 Å². The summed E-state index contributed by atoms with van der Waals surface area (Å²) >= 11 is 0. The van der Waals surface area contributed by atoms with Crippen molar-refractivity contribution < 1.29 is 9.47 Å². The summed E-state index contributed by atoms with van der Waals surface area (Å²) in [6, 6.07) is 9.73. The molecular formula is C29H35N7O2. The summed E-state index contributed by atoms with van der Waals surface area (Å²) < 4.78 is 14.0. The predicted molar refractivity (Wildman–Crippen MR) is 146 cm³/mol. The van der Waals surface area contributed by atoms with Crippen molar-refractivity contribution in [2.45, 2.75) is 50.7 Å². The molecule has 2 unspecified atom stereocenters. The Labute approximate surface area is 223 Å². The first-order valence-electron chi connectivity index (χ1n) is 13.3. The van der Waals surface area contributed by atoms with Gasteiger partial charge in [0.05, 0.1) is 53.8 Å². The molecule has 1 aliphatic carbocycles. The van der Waals surface area contributed by atoms with Gasteiger partial charge in [-0.15, -0.1) is 0 Å². The van der Waals surface area contributed by atoms with Crippen LogP contribution in [0.1, 0.15) is 49.8 Å². The molecule has 2 aliphatic rings. The van der Waals surface area contributed by atoms with Gasteiger partial charge in [-0.05, 0) is 37.1 Å². The number of rotatable bonds is 7. The molecule has 6 rings (SSSR count). The van der Waals surface area contributed by atoms with Gasteiger partial charge in [0.1, 0.15) is 11.5 Å². The van der Waals surface area contributed by atoms with Crippen molar-refractivity contribution >= 4 is 5.82 Å². The van der Waals surface area contributed by atoms with Crippen LogP contribution in [-0.2, 0) is 9.47 Å². The number of methoxy groups -OCH3 is 2. The Morgan fingerprint density at radius 2 is 1.61 bits per heavy atom. The number of ether oxygens (including phenoxy) is 2. The first-order valence-corrected chi connectivity index (χ1v) is 13.3. The van der Waals surface area contributed by atoms with E-state index in [9.17, 15) is 0 Å². The summed E-state index contributed by atoms with van der Waals surface area (Å²) in [5.41, 5.74) is 4.39. The molecule has 9 nitrogen and oxygen atoms in total. The monoisotopic (exact) mass is 513 g/mol. The molecule has 1 saturated heterocycles. The zero-order valence-corrected chi connectivity index (χ0v) is 22.4. The molecule has 0 aromatic carbocycles. The van der Waals surface area contributed by atoms with Gasteiger partial charge in [0.25, 0.3) is 0 Å². The number of pyridine rings is 2. The van der Waals surface area contributed by atoms with E-state index in [-0.39, 0.29) is 24.0 Å². The van der Waals surface area contributed by atoms with Crippen molar-refractivity contribution in [3.8, 4) is 17.1 Å². The average Bonchev–Trinajstić information content (AvgIpc) is 3.67. The quantitative estimate of drug-likeness (QED) is 0.353. The van der Waals surface area contributed by atoms with E-state index in [2.05, 4.69) is 14.9 Å². The zero-order chi connectivity index (χ0) is 26.5. The Morgan fingerprint density at radius 1 is 0.816 bits per heavy atom. The molecule has 0 amide bonds. The van der Waals surface area contributed by atoms with Crippen LogP contribution in [0.15, 0.2) is 67.5 Å². The second-order valence-corrected chi connectivity index (χ2v) is 9.25. The second-order valence-electron chi connectivity index (χ2n) is 9.25. The standard InChI is InChI=1S/C27H29N7O2.C2H6/c1-35-26-23(27(36-2)24(26)21-15-31-22(16-30-21)33-12-5-6-13-33)19-17-34(18-8-7-10-28-14-18)32-25(19)20-9-3-4-11-29-20;1-2/h3-4,7-11,14-17,23-24,26-27H,5-6,12-13H2,1-2H3;1-2H3. The molecule has 0 bridgehead atoms. The van der Waals surface area contributed by atoms with Gasteiger partial charge in [0.2, 0.25) is 0 Å². The van der Waals surface area contributed by atoms with Crippen LogP contribution >= 0.6 is 0 Å². The Kier molecular flexibility index (Phi) is 8.05. The summed E-state index contributed by atoms with van der Waals surface area (Å²) in [7, 11) is 3.49. The molecule has 2 atom stereocenters. The predicted octanol–water partition coefficient (Wildman–Crippen LogP) is 4.66. The lowest BCUT2D eigenvalue weighted by Crippen LogP contribution is -2.54. The van der Waals surface area contributed by atoms with Gasteiger partial charge in [0.15, 0.2) is 0 Å². The van der Waals surface area contributed by atoms with E-state index in [0.29, 0.717) is 0 Å². The second kappa shape index (κ2) is 11.8. The molecule has 4 aromatic rings. The number of nitrogens with zero attached hydrogens (tertiary/aromatic N) is 7. The Balaban J connectivity index is 0.00000144. The topological polar surface area (TPSA) is 91.1 Å². The largest absolute Gasteiger partial charge is 0.380 e. The summed E-state index contributed by atoms with van der Waals surface area (Å²) in [5.74, 6) is 0.848. The van der Waals surface area contributed by atoms with E-state index in [1.54, 1.807) is 32.8 Å². The fourth-order valence-electron chi connectivity index (χ4n) is 5.52. The molecule has 1 saturated carbocycles.